The Morgan fingerprint density at radius 3 is 2.42 bits per heavy atom. The van der Waals surface area contributed by atoms with Crippen LogP contribution in [0.5, 0.6) is 17.4 Å². The molecule has 3 aromatic rings. The van der Waals surface area contributed by atoms with Gasteiger partial charge in [-0.05, 0) is 67.1 Å². The van der Waals surface area contributed by atoms with E-state index >= 15 is 0 Å². The van der Waals surface area contributed by atoms with Crippen LogP contribution in [0, 0.1) is 18.3 Å². The minimum Gasteiger partial charge on any atom is -0.497 e. The molecule has 10 nitrogen and oxygen atoms in total. The number of carbonyl (C=O) groups excluding carboxylic acids is 2. The maximum absolute atomic E-state index is 12.2. The molecule has 1 N–H and O–H groups in total. The number of methoxy groups -OCH3 is 2. The van der Waals surface area contributed by atoms with Crippen molar-refractivity contribution in [3.63, 3.8) is 0 Å². The summed E-state index contributed by atoms with van der Waals surface area (Å²) in [6, 6.07) is 16.9. The van der Waals surface area contributed by atoms with Crippen LogP contribution in [0.4, 0.5) is 0 Å². The average molecular weight is 489 g/mol. The van der Waals surface area contributed by atoms with E-state index in [0.717, 1.165) is 0 Å². The minimum absolute atomic E-state index is 0.0588. The Hall–Kier alpha value is -4.75. The summed E-state index contributed by atoms with van der Waals surface area (Å²) < 4.78 is 20.9. The molecule has 0 aliphatic carbocycles. The molecule has 0 fully saturated rings. The molecule has 0 atom stereocenters. The molecular weight excluding hydrogens is 464 g/mol. The first-order valence-corrected chi connectivity index (χ1v) is 10.7. The van der Waals surface area contributed by atoms with E-state index in [0.29, 0.717) is 33.9 Å². The van der Waals surface area contributed by atoms with Gasteiger partial charge in [0.25, 0.3) is 5.91 Å². The topological polar surface area (TPSA) is 132 Å². The van der Waals surface area contributed by atoms with Gasteiger partial charge >= 0.3 is 5.97 Å². The molecule has 10 heteroatoms. The Morgan fingerprint density at radius 2 is 1.78 bits per heavy atom. The second-order valence-corrected chi connectivity index (χ2v) is 7.42. The second-order valence-electron chi connectivity index (χ2n) is 7.42. The van der Waals surface area contributed by atoms with Crippen LogP contribution in [0.2, 0.25) is 0 Å². The molecule has 36 heavy (non-hydrogen) atoms. The van der Waals surface area contributed by atoms with Crippen molar-refractivity contribution in [1.82, 2.24) is 10.4 Å². The van der Waals surface area contributed by atoms with Crippen LogP contribution < -0.4 is 19.6 Å². The highest BCUT2D eigenvalue weighted by molar-refractivity contribution is 5.91. The maximum atomic E-state index is 12.2. The number of pyridine rings is 1. The van der Waals surface area contributed by atoms with E-state index in [-0.39, 0.29) is 24.7 Å². The molecule has 1 aromatic heterocycles. The van der Waals surface area contributed by atoms with Gasteiger partial charge in [-0.25, -0.2) is 15.2 Å². The first kappa shape index (κ1) is 25.9. The van der Waals surface area contributed by atoms with Crippen LogP contribution in [-0.4, -0.2) is 43.9 Å². The number of nitrogens with one attached hydrogen (secondary N) is 1. The number of esters is 1. The van der Waals surface area contributed by atoms with Gasteiger partial charge in [0.15, 0.2) is 6.61 Å². The minimum atomic E-state index is -0.531. The van der Waals surface area contributed by atoms with Crippen molar-refractivity contribution in [2.45, 2.75) is 13.5 Å². The van der Waals surface area contributed by atoms with Crippen molar-refractivity contribution in [2.75, 3.05) is 20.8 Å². The van der Waals surface area contributed by atoms with Crippen LogP contribution in [0.25, 0.3) is 0 Å². The fraction of sp³-hybridized carbons (Fsp3) is 0.192. The Bertz CT molecular complexity index is 1280. The molecule has 0 aliphatic rings. The molecule has 3 rings (SSSR count). The van der Waals surface area contributed by atoms with Gasteiger partial charge in [-0.3, -0.25) is 4.79 Å². The zero-order chi connectivity index (χ0) is 25.9. The number of benzene rings is 2. The standard InChI is InChI=1S/C26H24N4O6/c1-17-12-20(15-33-2)23(13-27)25(29-17)35-16-24(31)30-28-14-18-4-8-22(9-5-18)36-26(32)19-6-10-21(34-3)11-7-19/h4-12,14H,15-16H2,1-3H3,(H,30,31)/b28-14+. The summed E-state index contributed by atoms with van der Waals surface area (Å²) in [6.07, 6.45) is 1.43. The van der Waals surface area contributed by atoms with E-state index in [1.54, 1.807) is 68.6 Å². The number of aryl methyl sites for hydroxylation is 1. The van der Waals surface area contributed by atoms with E-state index < -0.39 is 11.9 Å². The number of hydrogen-bond donors (Lipinski definition) is 1. The Morgan fingerprint density at radius 1 is 1.08 bits per heavy atom. The van der Waals surface area contributed by atoms with Crippen molar-refractivity contribution in [3.8, 4) is 23.4 Å². The zero-order valence-corrected chi connectivity index (χ0v) is 20.0. The number of amides is 1. The van der Waals surface area contributed by atoms with Crippen molar-refractivity contribution >= 4 is 18.1 Å². The lowest BCUT2D eigenvalue weighted by Gasteiger charge is -2.10. The number of ether oxygens (including phenoxy) is 4. The predicted molar refractivity (Wildman–Crippen MR) is 130 cm³/mol. The Balaban J connectivity index is 1.51. The summed E-state index contributed by atoms with van der Waals surface area (Å²) in [5.41, 5.74) is 4.87. The van der Waals surface area contributed by atoms with Gasteiger partial charge in [0, 0.05) is 18.4 Å². The van der Waals surface area contributed by atoms with E-state index in [2.05, 4.69) is 15.5 Å². The molecule has 0 saturated heterocycles. The number of nitrogens with zero attached hydrogens (tertiary/aromatic N) is 3. The number of aromatic nitrogens is 1. The predicted octanol–water partition coefficient (Wildman–Crippen LogP) is 3.17. The largest absolute Gasteiger partial charge is 0.497 e. The van der Waals surface area contributed by atoms with Gasteiger partial charge in [-0.2, -0.15) is 10.4 Å². The van der Waals surface area contributed by atoms with Crippen LogP contribution in [-0.2, 0) is 16.1 Å². The number of carbonyl (C=O) groups is 2. The Labute approximate surface area is 208 Å². The average Bonchev–Trinajstić information content (AvgIpc) is 2.88. The van der Waals surface area contributed by atoms with E-state index in [1.807, 2.05) is 6.07 Å². The van der Waals surface area contributed by atoms with Crippen LogP contribution in [0.3, 0.4) is 0 Å². The summed E-state index contributed by atoms with van der Waals surface area (Å²) in [6.45, 7) is 1.59. The molecule has 184 valence electrons. The molecule has 0 saturated carbocycles. The van der Waals surface area contributed by atoms with E-state index in [1.165, 1.54) is 13.3 Å². The SMILES string of the molecule is COCc1cc(C)nc(OCC(=O)N/N=C/c2ccc(OC(=O)c3ccc(OC)cc3)cc2)c1C#N. The highest BCUT2D eigenvalue weighted by atomic mass is 16.5. The quantitative estimate of drug-likeness (QED) is 0.199. The molecule has 0 spiro atoms. The van der Waals surface area contributed by atoms with Crippen LogP contribution in [0.1, 0.15) is 32.7 Å². The van der Waals surface area contributed by atoms with Crippen LogP contribution >= 0.6 is 0 Å². The third kappa shape index (κ3) is 7.12. The van der Waals surface area contributed by atoms with Crippen molar-refractivity contribution in [1.29, 1.82) is 5.26 Å². The summed E-state index contributed by atoms with van der Waals surface area (Å²) in [7, 11) is 3.07. The highest BCUT2D eigenvalue weighted by Gasteiger charge is 2.14. The molecule has 0 unspecified atom stereocenters. The lowest BCUT2D eigenvalue weighted by atomic mass is 10.1. The molecule has 0 bridgehead atoms. The molecule has 0 radical (unpaired) electrons. The molecule has 2 aromatic carbocycles. The smallest absolute Gasteiger partial charge is 0.343 e. The third-order valence-corrected chi connectivity index (χ3v) is 4.77. The normalized spacial score (nSPS) is 10.5. The third-order valence-electron chi connectivity index (χ3n) is 4.77. The monoisotopic (exact) mass is 488 g/mol. The first-order valence-electron chi connectivity index (χ1n) is 10.7. The summed E-state index contributed by atoms with van der Waals surface area (Å²) in [5.74, 6) is 0.0320. The highest BCUT2D eigenvalue weighted by Crippen LogP contribution is 2.21. The van der Waals surface area contributed by atoms with E-state index in [4.69, 9.17) is 18.9 Å². The first-order chi connectivity index (χ1) is 17.4. The lowest BCUT2D eigenvalue weighted by Crippen LogP contribution is -2.25. The number of nitriles is 1. The zero-order valence-electron chi connectivity index (χ0n) is 20.0. The van der Waals surface area contributed by atoms with Crippen LogP contribution in [0.15, 0.2) is 59.7 Å². The van der Waals surface area contributed by atoms with Crippen molar-refractivity contribution in [3.05, 3.63) is 82.5 Å². The van der Waals surface area contributed by atoms with E-state index in [9.17, 15) is 14.9 Å². The van der Waals surface area contributed by atoms with Crippen molar-refractivity contribution in [2.24, 2.45) is 5.10 Å². The fourth-order valence-electron chi connectivity index (χ4n) is 3.06. The van der Waals surface area contributed by atoms with Crippen molar-refractivity contribution < 1.29 is 28.5 Å². The number of hydrazone groups is 1. The second kappa shape index (κ2) is 12.6. The van der Waals surface area contributed by atoms with Gasteiger partial charge in [-0.1, -0.05) is 0 Å². The summed E-state index contributed by atoms with van der Waals surface area (Å²) in [4.78, 5) is 28.5. The maximum Gasteiger partial charge on any atom is 0.343 e. The molecule has 1 heterocycles. The summed E-state index contributed by atoms with van der Waals surface area (Å²) in [5, 5.41) is 13.3. The van der Waals surface area contributed by atoms with Gasteiger partial charge in [-0.15, -0.1) is 0 Å². The van der Waals surface area contributed by atoms with Gasteiger partial charge in [0.05, 0.1) is 25.5 Å². The lowest BCUT2D eigenvalue weighted by molar-refractivity contribution is -0.123. The number of rotatable bonds is 10. The van der Waals surface area contributed by atoms with Gasteiger partial charge in [0.2, 0.25) is 5.88 Å². The molecule has 0 aliphatic heterocycles. The molecule has 1 amide bonds. The van der Waals surface area contributed by atoms with Gasteiger partial charge < -0.3 is 18.9 Å². The van der Waals surface area contributed by atoms with Gasteiger partial charge in [0.1, 0.15) is 23.1 Å². The molecular formula is C26H24N4O6. The Kier molecular flexibility index (Phi) is 9.08. The number of hydrogen-bond acceptors (Lipinski definition) is 9. The fourth-order valence-corrected chi connectivity index (χ4v) is 3.06. The summed E-state index contributed by atoms with van der Waals surface area (Å²) >= 11 is 0.